The zero-order valence-corrected chi connectivity index (χ0v) is 16.0. The Morgan fingerprint density at radius 1 is 0.565 bits per heavy atom. The van der Waals surface area contributed by atoms with Crippen LogP contribution in [-0.4, -0.2) is 6.16 Å². The van der Waals surface area contributed by atoms with Crippen LogP contribution in [0.25, 0.3) is 0 Å². The largest absolute Gasteiger partial charge is 0.344 e. The lowest BCUT2D eigenvalue weighted by molar-refractivity contribution is 1.48. The first-order valence-electron chi connectivity index (χ1n) is 7.43. The van der Waals surface area contributed by atoms with Gasteiger partial charge in [-0.1, -0.05) is 54.6 Å². The van der Waals surface area contributed by atoms with Crippen molar-refractivity contribution in [2.75, 3.05) is 6.16 Å². The number of hydrogen-bond donors (Lipinski definition) is 1. The van der Waals surface area contributed by atoms with Gasteiger partial charge in [0.25, 0.3) is 0 Å². The summed E-state index contributed by atoms with van der Waals surface area (Å²) >= 11 is 0. The minimum absolute atomic E-state index is 0. The van der Waals surface area contributed by atoms with Crippen molar-refractivity contribution in [1.82, 2.24) is 6.15 Å². The van der Waals surface area contributed by atoms with E-state index in [0.717, 1.165) is 6.16 Å². The Hall–Kier alpha value is -1.47. The summed E-state index contributed by atoms with van der Waals surface area (Å²) in [5.41, 5.74) is 0. The molecular weight excluding hydrogens is 365 g/mol. The fourth-order valence-corrected chi connectivity index (χ4v) is 7.08. The minimum atomic E-state index is -1.53. The monoisotopic (exact) mass is 388 g/mol. The molecule has 120 valence electrons. The van der Waals surface area contributed by atoms with Crippen molar-refractivity contribution in [2.24, 2.45) is 0 Å². The SMILES string of the molecule is Br.CC[P+](c1ccccc1)(c1ccccc1)c1ccccc1.N. The number of benzene rings is 3. The molecule has 0 fully saturated rings. The lowest BCUT2D eigenvalue weighted by Crippen LogP contribution is -2.32. The van der Waals surface area contributed by atoms with E-state index in [2.05, 4.69) is 97.9 Å². The Labute approximate surface area is 150 Å². The van der Waals surface area contributed by atoms with E-state index in [1.807, 2.05) is 0 Å². The van der Waals surface area contributed by atoms with Crippen LogP contribution in [0.1, 0.15) is 6.92 Å². The summed E-state index contributed by atoms with van der Waals surface area (Å²) in [6, 6.07) is 33.0. The Morgan fingerprint density at radius 3 is 1.04 bits per heavy atom. The van der Waals surface area contributed by atoms with Gasteiger partial charge in [-0.15, -0.1) is 17.0 Å². The second-order valence-electron chi connectivity index (χ2n) is 5.13. The first kappa shape index (κ1) is 19.6. The van der Waals surface area contributed by atoms with Gasteiger partial charge in [-0.2, -0.15) is 0 Å². The first-order chi connectivity index (χ1) is 10.4. The fourth-order valence-electron chi connectivity index (χ4n) is 3.04. The smallest absolute Gasteiger partial charge is 0.111 e. The van der Waals surface area contributed by atoms with Crippen LogP contribution in [0, 0.1) is 0 Å². The normalized spacial score (nSPS) is 10.3. The van der Waals surface area contributed by atoms with E-state index < -0.39 is 7.26 Å². The Kier molecular flexibility index (Phi) is 7.64. The van der Waals surface area contributed by atoms with Gasteiger partial charge >= 0.3 is 0 Å². The third-order valence-corrected chi connectivity index (χ3v) is 8.55. The van der Waals surface area contributed by atoms with Gasteiger partial charge in [-0.3, -0.25) is 0 Å². The topological polar surface area (TPSA) is 35.0 Å². The lowest BCUT2D eigenvalue weighted by Gasteiger charge is -2.26. The molecule has 0 unspecified atom stereocenters. The van der Waals surface area contributed by atoms with Gasteiger partial charge in [0.2, 0.25) is 0 Å². The molecule has 0 saturated carbocycles. The molecule has 3 aromatic rings. The molecular formula is C20H24BrNP+. The van der Waals surface area contributed by atoms with E-state index in [1.165, 1.54) is 15.9 Å². The molecule has 0 atom stereocenters. The van der Waals surface area contributed by atoms with Crippen molar-refractivity contribution in [3.63, 3.8) is 0 Å². The quantitative estimate of drug-likeness (QED) is 0.643. The van der Waals surface area contributed by atoms with E-state index in [1.54, 1.807) is 0 Å². The summed E-state index contributed by atoms with van der Waals surface area (Å²) in [6.07, 6.45) is 1.14. The number of rotatable bonds is 4. The van der Waals surface area contributed by atoms with Crippen molar-refractivity contribution < 1.29 is 0 Å². The van der Waals surface area contributed by atoms with E-state index in [-0.39, 0.29) is 23.1 Å². The molecule has 3 aromatic carbocycles. The van der Waals surface area contributed by atoms with Gasteiger partial charge in [0.15, 0.2) is 0 Å². The molecule has 1 nitrogen and oxygen atoms in total. The molecule has 0 aliphatic carbocycles. The van der Waals surface area contributed by atoms with Crippen molar-refractivity contribution in [1.29, 1.82) is 0 Å². The third-order valence-electron chi connectivity index (χ3n) is 4.07. The van der Waals surface area contributed by atoms with E-state index in [4.69, 9.17) is 0 Å². The highest BCUT2D eigenvalue weighted by Gasteiger charge is 2.43. The zero-order chi connectivity index (χ0) is 14.5. The number of halogens is 1. The maximum absolute atomic E-state index is 2.32. The summed E-state index contributed by atoms with van der Waals surface area (Å²) < 4.78 is 0. The van der Waals surface area contributed by atoms with Crippen LogP contribution in [-0.2, 0) is 0 Å². The van der Waals surface area contributed by atoms with Crippen LogP contribution >= 0.6 is 24.2 Å². The molecule has 0 saturated heterocycles. The summed E-state index contributed by atoms with van der Waals surface area (Å²) in [5.74, 6) is 0. The maximum Gasteiger partial charge on any atom is 0.111 e. The van der Waals surface area contributed by atoms with Gasteiger partial charge in [-0.05, 0) is 43.3 Å². The average Bonchev–Trinajstić information content (AvgIpc) is 2.59. The molecule has 3 rings (SSSR count). The molecule has 0 bridgehead atoms. The van der Waals surface area contributed by atoms with Crippen LogP contribution in [0.15, 0.2) is 91.0 Å². The molecule has 3 heteroatoms. The van der Waals surface area contributed by atoms with Crippen LogP contribution in [0.5, 0.6) is 0 Å². The molecule has 0 aliphatic heterocycles. The van der Waals surface area contributed by atoms with Gasteiger partial charge in [0.1, 0.15) is 23.2 Å². The molecule has 0 amide bonds. The third kappa shape index (κ3) is 3.72. The fraction of sp³-hybridized carbons (Fsp3) is 0.100. The predicted molar refractivity (Wildman–Crippen MR) is 111 cm³/mol. The highest BCUT2D eigenvalue weighted by Crippen LogP contribution is 2.54. The highest BCUT2D eigenvalue weighted by molar-refractivity contribution is 8.93. The Morgan fingerprint density at radius 2 is 0.826 bits per heavy atom. The molecule has 0 aromatic heterocycles. The lowest BCUT2D eigenvalue weighted by atomic mass is 10.4. The molecule has 0 radical (unpaired) electrons. The van der Waals surface area contributed by atoms with Crippen molar-refractivity contribution in [2.45, 2.75) is 6.92 Å². The molecule has 0 heterocycles. The molecule has 0 aliphatic rings. The molecule has 0 spiro atoms. The van der Waals surface area contributed by atoms with Crippen molar-refractivity contribution >= 4 is 40.2 Å². The second-order valence-corrected chi connectivity index (χ2v) is 8.93. The Bertz CT molecular complexity index is 590. The molecule has 23 heavy (non-hydrogen) atoms. The molecule has 3 N–H and O–H groups in total. The van der Waals surface area contributed by atoms with Crippen LogP contribution in [0.3, 0.4) is 0 Å². The average molecular weight is 389 g/mol. The first-order valence-corrected chi connectivity index (χ1v) is 9.40. The summed E-state index contributed by atoms with van der Waals surface area (Å²) in [7, 11) is -1.53. The van der Waals surface area contributed by atoms with E-state index >= 15 is 0 Å². The number of hydrogen-bond acceptors (Lipinski definition) is 1. The Balaban J connectivity index is 0.00000132. The van der Waals surface area contributed by atoms with Gasteiger partial charge < -0.3 is 6.15 Å². The summed E-state index contributed by atoms with van der Waals surface area (Å²) in [4.78, 5) is 0. The van der Waals surface area contributed by atoms with Crippen LogP contribution in [0.4, 0.5) is 0 Å². The standard InChI is InChI=1S/C20H20P.BrH.H3N/c1-2-21(18-12-6-3-7-13-18,19-14-8-4-9-15-19)20-16-10-5-11-17-20;;/h3-17H,2H2,1H3;1H;1H3/q+1;;. The summed E-state index contributed by atoms with van der Waals surface area (Å²) in [5, 5.41) is 4.39. The minimum Gasteiger partial charge on any atom is -0.344 e. The van der Waals surface area contributed by atoms with E-state index in [0.29, 0.717) is 0 Å². The van der Waals surface area contributed by atoms with Gasteiger partial charge in [0, 0.05) is 0 Å². The van der Waals surface area contributed by atoms with Crippen molar-refractivity contribution in [3.8, 4) is 0 Å². The van der Waals surface area contributed by atoms with Crippen molar-refractivity contribution in [3.05, 3.63) is 91.0 Å². The maximum atomic E-state index is 2.32. The van der Waals surface area contributed by atoms with Crippen LogP contribution < -0.4 is 22.1 Å². The second kappa shape index (κ2) is 8.98. The van der Waals surface area contributed by atoms with Gasteiger partial charge in [-0.25, -0.2) is 0 Å². The van der Waals surface area contributed by atoms with Crippen LogP contribution in [0.2, 0.25) is 0 Å². The summed E-state index contributed by atoms with van der Waals surface area (Å²) in [6.45, 7) is 2.32. The van der Waals surface area contributed by atoms with Gasteiger partial charge in [0.05, 0.1) is 6.16 Å². The zero-order valence-electron chi connectivity index (χ0n) is 13.4. The van der Waals surface area contributed by atoms with E-state index in [9.17, 15) is 0 Å². The predicted octanol–water partition coefficient (Wildman–Crippen LogP) is 4.74. The highest BCUT2D eigenvalue weighted by atomic mass is 79.9.